The van der Waals surface area contributed by atoms with Crippen LogP contribution in [0.1, 0.15) is 30.9 Å². The van der Waals surface area contributed by atoms with Gasteiger partial charge in [0.05, 0.1) is 0 Å². The summed E-state index contributed by atoms with van der Waals surface area (Å²) in [7, 11) is 0. The first-order chi connectivity index (χ1) is 6.79. The summed E-state index contributed by atoms with van der Waals surface area (Å²) >= 11 is 9.75. The summed E-state index contributed by atoms with van der Waals surface area (Å²) in [4.78, 5) is 0. The molecular formula is C11H13BrClN. The molecule has 0 amide bonds. The number of hydrogen-bond donors (Lipinski definition) is 1. The van der Waals surface area contributed by atoms with Gasteiger partial charge in [0.25, 0.3) is 0 Å². The van der Waals surface area contributed by atoms with Crippen molar-refractivity contribution >= 4 is 27.5 Å². The van der Waals surface area contributed by atoms with Gasteiger partial charge in [-0.1, -0.05) is 40.0 Å². The third kappa shape index (κ3) is 2.13. The van der Waals surface area contributed by atoms with Crippen molar-refractivity contribution < 1.29 is 0 Å². The minimum Gasteiger partial charge on any atom is -0.310 e. The van der Waals surface area contributed by atoms with Gasteiger partial charge in [-0.25, -0.2) is 0 Å². The Hall–Kier alpha value is -0.0500. The number of hydrogen-bond acceptors (Lipinski definition) is 1. The predicted molar refractivity (Wildman–Crippen MR) is 63.7 cm³/mol. The van der Waals surface area contributed by atoms with Crippen molar-refractivity contribution in [3.63, 3.8) is 0 Å². The molecule has 1 saturated heterocycles. The highest BCUT2D eigenvalue weighted by molar-refractivity contribution is 9.10. The van der Waals surface area contributed by atoms with Gasteiger partial charge in [-0.2, -0.15) is 0 Å². The smallest absolute Gasteiger partial charge is 0.0465 e. The maximum absolute atomic E-state index is 6.19. The van der Waals surface area contributed by atoms with Crippen LogP contribution in [0.3, 0.4) is 0 Å². The van der Waals surface area contributed by atoms with Gasteiger partial charge in [0.15, 0.2) is 0 Å². The number of piperidine rings is 1. The maximum Gasteiger partial charge on any atom is 0.0465 e. The van der Waals surface area contributed by atoms with Crippen LogP contribution in [0.2, 0.25) is 5.02 Å². The van der Waals surface area contributed by atoms with Crippen molar-refractivity contribution in [2.24, 2.45) is 0 Å². The highest BCUT2D eigenvalue weighted by Gasteiger charge is 2.19. The largest absolute Gasteiger partial charge is 0.310 e. The summed E-state index contributed by atoms with van der Waals surface area (Å²) in [5.74, 6) is 0. The molecule has 0 spiro atoms. The lowest BCUT2D eigenvalue weighted by molar-refractivity contribution is 0.411. The second-order valence-electron chi connectivity index (χ2n) is 3.64. The molecule has 0 radical (unpaired) electrons. The van der Waals surface area contributed by atoms with Crippen LogP contribution in [0.25, 0.3) is 0 Å². The summed E-state index contributed by atoms with van der Waals surface area (Å²) in [6.45, 7) is 1.10. The zero-order valence-corrected chi connectivity index (χ0v) is 10.2. The van der Waals surface area contributed by atoms with Crippen LogP contribution in [0.5, 0.6) is 0 Å². The highest BCUT2D eigenvalue weighted by Crippen LogP contribution is 2.34. The molecule has 0 unspecified atom stereocenters. The molecule has 1 heterocycles. The van der Waals surface area contributed by atoms with Crippen molar-refractivity contribution in [3.8, 4) is 0 Å². The van der Waals surface area contributed by atoms with Gasteiger partial charge in [-0.3, -0.25) is 0 Å². The Morgan fingerprint density at radius 3 is 2.86 bits per heavy atom. The number of nitrogens with one attached hydrogen (secondary N) is 1. The molecule has 1 aromatic carbocycles. The van der Waals surface area contributed by atoms with E-state index >= 15 is 0 Å². The fourth-order valence-electron chi connectivity index (χ4n) is 1.94. The molecule has 1 aliphatic rings. The number of rotatable bonds is 1. The first-order valence-electron chi connectivity index (χ1n) is 4.96. The standard InChI is InChI=1S/C11H13BrClN/c12-8-4-3-5-9(13)11(8)10-6-1-2-7-14-10/h3-5,10,14H,1-2,6-7H2/t10-/m0/s1. The summed E-state index contributed by atoms with van der Waals surface area (Å²) in [6, 6.07) is 6.40. The minimum atomic E-state index is 0.423. The third-order valence-corrected chi connectivity index (χ3v) is 3.68. The summed E-state index contributed by atoms with van der Waals surface area (Å²) in [5.41, 5.74) is 1.22. The number of halogens is 2. The normalized spacial score (nSPS) is 22.3. The average molecular weight is 275 g/mol. The van der Waals surface area contributed by atoms with E-state index in [0.717, 1.165) is 16.0 Å². The highest BCUT2D eigenvalue weighted by atomic mass is 79.9. The second kappa shape index (κ2) is 4.65. The molecule has 1 N–H and O–H groups in total. The van der Waals surface area contributed by atoms with E-state index in [4.69, 9.17) is 11.6 Å². The molecular weight excluding hydrogens is 261 g/mol. The van der Waals surface area contributed by atoms with Gasteiger partial charge in [-0.15, -0.1) is 0 Å². The lowest BCUT2D eigenvalue weighted by Gasteiger charge is -2.25. The van der Waals surface area contributed by atoms with E-state index in [1.807, 2.05) is 12.1 Å². The molecule has 0 aromatic heterocycles. The molecule has 0 bridgehead atoms. The first-order valence-corrected chi connectivity index (χ1v) is 6.13. The van der Waals surface area contributed by atoms with Gasteiger partial charge in [-0.05, 0) is 31.5 Å². The van der Waals surface area contributed by atoms with E-state index in [2.05, 4.69) is 27.3 Å². The van der Waals surface area contributed by atoms with E-state index in [-0.39, 0.29) is 0 Å². The molecule has 1 aromatic rings. The lowest BCUT2D eigenvalue weighted by Crippen LogP contribution is -2.27. The summed E-state index contributed by atoms with van der Waals surface area (Å²) in [5, 5.41) is 4.36. The van der Waals surface area contributed by atoms with E-state index in [0.29, 0.717) is 6.04 Å². The monoisotopic (exact) mass is 273 g/mol. The molecule has 76 valence electrons. The Bertz CT molecular complexity index is 301. The number of benzene rings is 1. The lowest BCUT2D eigenvalue weighted by atomic mass is 9.97. The first kappa shape index (κ1) is 10.5. The van der Waals surface area contributed by atoms with E-state index < -0.39 is 0 Å². The van der Waals surface area contributed by atoms with E-state index in [1.165, 1.54) is 24.8 Å². The van der Waals surface area contributed by atoms with Gasteiger partial charge >= 0.3 is 0 Å². The quantitative estimate of drug-likeness (QED) is 0.818. The molecule has 2 rings (SSSR count). The van der Waals surface area contributed by atoms with Crippen LogP contribution in [0.15, 0.2) is 22.7 Å². The Balaban J connectivity index is 2.29. The van der Waals surface area contributed by atoms with Crippen molar-refractivity contribution in [1.82, 2.24) is 5.32 Å². The molecule has 3 heteroatoms. The van der Waals surface area contributed by atoms with Crippen molar-refractivity contribution in [2.75, 3.05) is 6.54 Å². The van der Waals surface area contributed by atoms with E-state index in [1.54, 1.807) is 0 Å². The van der Waals surface area contributed by atoms with Crippen molar-refractivity contribution in [3.05, 3.63) is 33.3 Å². The Kier molecular flexibility index (Phi) is 3.47. The summed E-state index contributed by atoms with van der Waals surface area (Å²) < 4.78 is 1.12. The Morgan fingerprint density at radius 2 is 2.21 bits per heavy atom. The molecule has 0 saturated carbocycles. The molecule has 1 fully saturated rings. The van der Waals surface area contributed by atoms with Crippen LogP contribution in [0.4, 0.5) is 0 Å². The molecule has 1 atom stereocenters. The van der Waals surface area contributed by atoms with Crippen molar-refractivity contribution in [2.45, 2.75) is 25.3 Å². The zero-order chi connectivity index (χ0) is 9.97. The van der Waals surface area contributed by atoms with Crippen molar-refractivity contribution in [1.29, 1.82) is 0 Å². The molecule has 14 heavy (non-hydrogen) atoms. The van der Waals surface area contributed by atoms with Gasteiger partial charge in [0.1, 0.15) is 0 Å². The Morgan fingerprint density at radius 1 is 1.36 bits per heavy atom. The van der Waals surface area contributed by atoms with Crippen LogP contribution >= 0.6 is 27.5 Å². The fraction of sp³-hybridized carbons (Fsp3) is 0.455. The zero-order valence-electron chi connectivity index (χ0n) is 7.89. The van der Waals surface area contributed by atoms with Crippen LogP contribution in [-0.2, 0) is 0 Å². The SMILES string of the molecule is Clc1cccc(Br)c1[C@@H]1CCCCN1. The predicted octanol–water partition coefficient (Wildman–Crippen LogP) is 3.92. The van der Waals surface area contributed by atoms with Crippen LogP contribution in [0, 0.1) is 0 Å². The molecule has 1 nitrogen and oxygen atoms in total. The average Bonchev–Trinajstić information content (AvgIpc) is 2.19. The molecule has 0 aliphatic carbocycles. The van der Waals surface area contributed by atoms with Gasteiger partial charge in [0.2, 0.25) is 0 Å². The van der Waals surface area contributed by atoms with Crippen LogP contribution in [-0.4, -0.2) is 6.54 Å². The van der Waals surface area contributed by atoms with E-state index in [9.17, 15) is 0 Å². The van der Waals surface area contributed by atoms with Gasteiger partial charge in [0, 0.05) is 21.1 Å². The van der Waals surface area contributed by atoms with Crippen LogP contribution < -0.4 is 5.32 Å². The third-order valence-electron chi connectivity index (χ3n) is 2.66. The Labute approximate surface area is 98.0 Å². The fourth-order valence-corrected chi connectivity index (χ4v) is 3.00. The maximum atomic E-state index is 6.19. The second-order valence-corrected chi connectivity index (χ2v) is 4.90. The minimum absolute atomic E-state index is 0.423. The molecule has 1 aliphatic heterocycles. The van der Waals surface area contributed by atoms with Gasteiger partial charge < -0.3 is 5.32 Å². The topological polar surface area (TPSA) is 12.0 Å². The summed E-state index contributed by atoms with van der Waals surface area (Å²) in [6.07, 6.45) is 3.75.